The smallest absolute Gasteiger partial charge is 0.399 e. The second-order valence-corrected chi connectivity index (χ2v) is 8.18. The van der Waals surface area contributed by atoms with Crippen LogP contribution in [0.2, 0.25) is 0 Å². The molecule has 0 fully saturated rings. The summed E-state index contributed by atoms with van der Waals surface area (Å²) in [7, 11) is 0. The van der Waals surface area contributed by atoms with Crippen LogP contribution < -0.4 is 10.1 Å². The zero-order chi connectivity index (χ0) is 22.1. The Balaban J connectivity index is 1.69. The van der Waals surface area contributed by atoms with Gasteiger partial charge in [0.15, 0.2) is 5.69 Å². The molecular weight excluding hydrogens is 390 g/mol. The Kier molecular flexibility index (Phi) is 5.92. The third-order valence-electron chi connectivity index (χ3n) is 4.77. The van der Waals surface area contributed by atoms with E-state index in [-0.39, 0.29) is 22.7 Å². The minimum absolute atomic E-state index is 0.00289. The minimum atomic E-state index is -0.666. The van der Waals surface area contributed by atoms with E-state index in [1.165, 1.54) is 25.3 Å². The molecule has 1 N–H and O–H groups in total. The molecule has 0 saturated carbocycles. The number of rotatable bonds is 5. The van der Waals surface area contributed by atoms with Crippen molar-refractivity contribution in [3.8, 4) is 11.8 Å². The molecule has 0 aliphatic heterocycles. The van der Waals surface area contributed by atoms with Crippen LogP contribution in [-0.2, 0) is 5.41 Å². The number of halogens is 2. The molecule has 7 heteroatoms. The highest BCUT2D eigenvalue weighted by molar-refractivity contribution is 5.92. The topological polar surface area (TPSA) is 64.4 Å². The molecule has 1 heterocycles. The van der Waals surface area contributed by atoms with E-state index in [0.717, 1.165) is 5.56 Å². The largest absolute Gasteiger partial charge is 0.416 e. The number of aromatic nitrogens is 1. The molecule has 2 aromatic carbocycles. The summed E-state index contributed by atoms with van der Waals surface area (Å²) in [6, 6.07) is 9.28. The van der Waals surface area contributed by atoms with Crippen LogP contribution in [0.15, 0.2) is 47.1 Å². The first-order valence-corrected chi connectivity index (χ1v) is 9.55. The summed E-state index contributed by atoms with van der Waals surface area (Å²) in [5.74, 6) is -1.34. The SMILES string of the molecule is Cc1c(F)cc(C(C)NC(=O)c2coc(Oc3cccc(C(C)(C)C)c3)n2)cc1F. The third-order valence-corrected chi connectivity index (χ3v) is 4.77. The van der Waals surface area contributed by atoms with E-state index in [0.29, 0.717) is 11.3 Å². The lowest BCUT2D eigenvalue weighted by Crippen LogP contribution is -2.27. The first-order valence-electron chi connectivity index (χ1n) is 9.55. The molecule has 0 radical (unpaired) electrons. The molecule has 1 unspecified atom stereocenters. The van der Waals surface area contributed by atoms with Crippen molar-refractivity contribution in [3.63, 3.8) is 0 Å². The molecule has 0 saturated heterocycles. The molecule has 3 rings (SSSR count). The molecule has 1 atom stereocenters. The summed E-state index contributed by atoms with van der Waals surface area (Å²) in [4.78, 5) is 16.5. The normalized spacial score (nSPS) is 12.5. The van der Waals surface area contributed by atoms with Crippen molar-refractivity contribution in [2.75, 3.05) is 0 Å². The second-order valence-electron chi connectivity index (χ2n) is 8.18. The number of nitrogens with zero attached hydrogens (tertiary/aromatic N) is 1. The van der Waals surface area contributed by atoms with Gasteiger partial charge < -0.3 is 14.5 Å². The zero-order valence-electron chi connectivity index (χ0n) is 17.5. The van der Waals surface area contributed by atoms with E-state index >= 15 is 0 Å². The quantitative estimate of drug-likeness (QED) is 0.569. The number of oxazole rings is 1. The van der Waals surface area contributed by atoms with Crippen molar-refractivity contribution >= 4 is 5.91 Å². The molecule has 1 amide bonds. The summed E-state index contributed by atoms with van der Waals surface area (Å²) in [5, 5.41) is 2.64. The van der Waals surface area contributed by atoms with Crippen molar-refractivity contribution in [1.29, 1.82) is 0 Å². The van der Waals surface area contributed by atoms with E-state index in [9.17, 15) is 13.6 Å². The molecule has 0 spiro atoms. The van der Waals surface area contributed by atoms with Gasteiger partial charge in [-0.25, -0.2) is 8.78 Å². The van der Waals surface area contributed by atoms with Crippen LogP contribution in [0, 0.1) is 18.6 Å². The lowest BCUT2D eigenvalue weighted by Gasteiger charge is -2.19. The molecule has 158 valence electrons. The molecular formula is C23H24F2N2O3. The highest BCUT2D eigenvalue weighted by Crippen LogP contribution is 2.28. The van der Waals surface area contributed by atoms with Crippen LogP contribution in [0.5, 0.6) is 11.8 Å². The van der Waals surface area contributed by atoms with Gasteiger partial charge in [0.1, 0.15) is 23.6 Å². The molecule has 0 bridgehead atoms. The number of benzene rings is 2. The van der Waals surface area contributed by atoms with Gasteiger partial charge in [-0.1, -0.05) is 32.9 Å². The monoisotopic (exact) mass is 414 g/mol. The first-order chi connectivity index (χ1) is 14.0. The highest BCUT2D eigenvalue weighted by atomic mass is 19.1. The fourth-order valence-electron chi connectivity index (χ4n) is 2.80. The fourth-order valence-corrected chi connectivity index (χ4v) is 2.80. The zero-order valence-corrected chi connectivity index (χ0v) is 17.5. The van der Waals surface area contributed by atoms with Crippen molar-refractivity contribution in [2.24, 2.45) is 0 Å². The van der Waals surface area contributed by atoms with Crippen LogP contribution in [0.25, 0.3) is 0 Å². The van der Waals surface area contributed by atoms with Crippen LogP contribution in [0.4, 0.5) is 8.78 Å². The van der Waals surface area contributed by atoms with Gasteiger partial charge in [-0.2, -0.15) is 4.98 Å². The maximum atomic E-state index is 13.8. The van der Waals surface area contributed by atoms with Crippen molar-refractivity contribution < 1.29 is 22.7 Å². The summed E-state index contributed by atoms with van der Waals surface area (Å²) >= 11 is 0. The number of carbonyl (C=O) groups is 1. The van der Waals surface area contributed by atoms with Crippen molar-refractivity contribution in [2.45, 2.75) is 46.1 Å². The van der Waals surface area contributed by atoms with E-state index in [1.807, 2.05) is 18.2 Å². The summed E-state index contributed by atoms with van der Waals surface area (Å²) in [6.45, 7) is 9.24. The lowest BCUT2D eigenvalue weighted by molar-refractivity contribution is 0.0934. The summed E-state index contributed by atoms with van der Waals surface area (Å²) < 4.78 is 38.4. The Labute approximate surface area is 174 Å². The lowest BCUT2D eigenvalue weighted by atomic mass is 9.87. The average molecular weight is 414 g/mol. The number of amides is 1. The van der Waals surface area contributed by atoms with E-state index in [2.05, 4.69) is 31.1 Å². The van der Waals surface area contributed by atoms with Crippen molar-refractivity contribution in [3.05, 3.63) is 76.7 Å². The molecule has 30 heavy (non-hydrogen) atoms. The highest BCUT2D eigenvalue weighted by Gasteiger charge is 2.19. The van der Waals surface area contributed by atoms with E-state index in [4.69, 9.17) is 9.15 Å². The average Bonchev–Trinajstić information content (AvgIpc) is 3.13. The van der Waals surface area contributed by atoms with Gasteiger partial charge in [0.05, 0.1) is 6.04 Å². The maximum absolute atomic E-state index is 13.8. The summed E-state index contributed by atoms with van der Waals surface area (Å²) in [6.07, 6.45) is 1.09. The van der Waals surface area contributed by atoms with Crippen molar-refractivity contribution in [1.82, 2.24) is 10.3 Å². The predicted molar refractivity (Wildman–Crippen MR) is 109 cm³/mol. The second kappa shape index (κ2) is 8.26. The molecule has 0 aliphatic rings. The Morgan fingerprint density at radius 2 is 1.83 bits per heavy atom. The van der Waals surface area contributed by atoms with Gasteiger partial charge in [0.25, 0.3) is 5.91 Å². The standard InChI is InChI=1S/C23H24F2N2O3/c1-13-18(24)9-15(10-19(13)25)14(2)26-21(28)20-12-29-22(27-20)30-17-8-6-7-16(11-17)23(3,4)5/h6-12,14H,1-5H3,(H,26,28). The third kappa shape index (κ3) is 4.84. The van der Waals surface area contributed by atoms with E-state index < -0.39 is 23.6 Å². The van der Waals surface area contributed by atoms with Gasteiger partial charge >= 0.3 is 6.08 Å². The van der Waals surface area contributed by atoms with Crippen LogP contribution in [0.3, 0.4) is 0 Å². The molecule has 0 aliphatic carbocycles. The van der Waals surface area contributed by atoms with Crippen LogP contribution >= 0.6 is 0 Å². The van der Waals surface area contributed by atoms with Gasteiger partial charge in [0.2, 0.25) is 0 Å². The van der Waals surface area contributed by atoms with Gasteiger partial charge in [-0.3, -0.25) is 4.79 Å². The Bertz CT molecular complexity index is 1050. The maximum Gasteiger partial charge on any atom is 0.399 e. The van der Waals surface area contributed by atoms with E-state index in [1.54, 1.807) is 13.0 Å². The number of nitrogens with one attached hydrogen (secondary N) is 1. The van der Waals surface area contributed by atoms with Gasteiger partial charge in [-0.05, 0) is 54.7 Å². The Morgan fingerprint density at radius 3 is 2.47 bits per heavy atom. The van der Waals surface area contributed by atoms with Crippen LogP contribution in [0.1, 0.15) is 60.9 Å². The first kappa shape index (κ1) is 21.5. The van der Waals surface area contributed by atoms with Gasteiger partial charge in [0, 0.05) is 5.56 Å². The predicted octanol–water partition coefficient (Wildman–Crippen LogP) is 5.84. The molecule has 3 aromatic rings. The Hall–Kier alpha value is -3.22. The number of hydrogen-bond donors (Lipinski definition) is 1. The molecule has 1 aromatic heterocycles. The molecule has 5 nitrogen and oxygen atoms in total. The summed E-state index contributed by atoms with van der Waals surface area (Å²) in [5.41, 5.74) is 1.27. The number of carbonyl (C=O) groups excluding carboxylic acids is 1. The van der Waals surface area contributed by atoms with Crippen LogP contribution in [-0.4, -0.2) is 10.9 Å². The Morgan fingerprint density at radius 1 is 1.17 bits per heavy atom. The van der Waals surface area contributed by atoms with Gasteiger partial charge in [-0.15, -0.1) is 0 Å². The minimum Gasteiger partial charge on any atom is -0.416 e. The fraction of sp³-hybridized carbons (Fsp3) is 0.304. The number of hydrogen-bond acceptors (Lipinski definition) is 4. The number of ether oxygens (including phenoxy) is 1.